The van der Waals surface area contributed by atoms with Crippen molar-refractivity contribution >= 4 is 0 Å². The Balaban J connectivity index is 0.000000222. The van der Waals surface area contributed by atoms with E-state index < -0.39 is 0 Å². The van der Waals surface area contributed by atoms with Gasteiger partial charge in [-0.15, -0.1) is 0 Å². The van der Waals surface area contributed by atoms with Gasteiger partial charge in [-0.2, -0.15) is 0 Å². The molecule has 16 unspecified atom stereocenters. The molecule has 5 aliphatic carbocycles. The summed E-state index contributed by atoms with van der Waals surface area (Å²) in [5, 5.41) is 18.0. The van der Waals surface area contributed by atoms with E-state index in [9.17, 15) is 0 Å². The Morgan fingerprint density at radius 1 is 0.357 bits per heavy atom. The lowest BCUT2D eigenvalue weighted by Gasteiger charge is -2.40. The molecule has 10 nitrogen and oxygen atoms in total. The van der Waals surface area contributed by atoms with Crippen LogP contribution in [0.5, 0.6) is 34.5 Å². The number of benzene rings is 6. The van der Waals surface area contributed by atoms with Crippen LogP contribution in [0.1, 0.15) is 377 Å². The molecule has 5 saturated carbocycles. The van der Waals surface area contributed by atoms with Crippen LogP contribution in [0.2, 0.25) is 0 Å². The Hall–Kier alpha value is -6.04. The molecule has 10 heteroatoms. The lowest BCUT2D eigenvalue weighted by molar-refractivity contribution is -0.182. The standard InChI is InChI=1S/C29H44O2.C21H34O2.C18H30O2.C17H28O2.2C10H14O/c1-4-19(2)21-13-15-24(16-14-21)30-29(20(3)22-9-6-5-7-10-22)31-28-18-23-17-27(28)26-12-8-11-25(23)26;1-6-17(4)18-10-12-19(13-11-18)23-20(22-16(2)3)21(5)14-8-7-9-15-21;1-8-14(4)15-9-11-16(12-10-15)20-17(18(5,6)7)19-13(2)3;1-7-14(6)15-8-10-16(11-9-15)19-17(12(2)3)18-13(4)5;2*1-3-8(2)9-4-6-10(11)7-5-9/h13-16,19-20,22-23,25-29H,4-12,17-18H2,1-3H3;10-13,16-17,20H,6-9,14-15H2,1-5H3;9-14,17H,8H2,1-7H3;8-14,17H,7H2,1-6H3;2*4-8,11H,3H2,1-2H3. The van der Waals surface area contributed by atoms with Gasteiger partial charge in [0, 0.05) is 22.7 Å². The van der Waals surface area contributed by atoms with Gasteiger partial charge in [-0.25, -0.2) is 0 Å². The summed E-state index contributed by atoms with van der Waals surface area (Å²) >= 11 is 0. The van der Waals surface area contributed by atoms with Gasteiger partial charge in [-0.3, -0.25) is 0 Å². The molecule has 0 aliphatic heterocycles. The van der Waals surface area contributed by atoms with E-state index in [1.54, 1.807) is 24.3 Å². The van der Waals surface area contributed by atoms with Crippen LogP contribution in [0.3, 0.4) is 0 Å². The maximum absolute atomic E-state index is 9.01. The van der Waals surface area contributed by atoms with Crippen molar-refractivity contribution in [1.29, 1.82) is 0 Å². The first kappa shape index (κ1) is 97.8. The van der Waals surface area contributed by atoms with Crippen molar-refractivity contribution in [2.45, 2.75) is 393 Å². The van der Waals surface area contributed by atoms with Gasteiger partial charge < -0.3 is 48.1 Å². The normalized spacial score (nSPS) is 21.2. The average molecular weight is 1590 g/mol. The van der Waals surface area contributed by atoms with Crippen molar-refractivity contribution in [3.63, 3.8) is 0 Å². The zero-order valence-corrected chi connectivity index (χ0v) is 77.0. The lowest BCUT2D eigenvalue weighted by Crippen LogP contribution is -2.42. The third kappa shape index (κ3) is 32.2. The molecule has 5 aliphatic rings. The molecule has 0 aromatic heterocycles. The predicted molar refractivity (Wildman–Crippen MR) is 484 cm³/mol. The molecular weight excluding hydrogens is 1420 g/mol. The maximum atomic E-state index is 9.01. The molecule has 16 atom stereocenters. The van der Waals surface area contributed by atoms with Crippen molar-refractivity contribution in [3.05, 3.63) is 179 Å². The van der Waals surface area contributed by atoms with Crippen molar-refractivity contribution in [3.8, 4) is 34.5 Å². The quantitative estimate of drug-likeness (QED) is 0.0396. The van der Waals surface area contributed by atoms with Gasteiger partial charge in [0.2, 0.25) is 25.2 Å². The molecule has 0 saturated heterocycles. The maximum Gasteiger partial charge on any atom is 0.205 e. The fraction of sp³-hybridized carbons (Fsp3) is 0.657. The summed E-state index contributed by atoms with van der Waals surface area (Å²) < 4.78 is 49.7. The van der Waals surface area contributed by atoms with E-state index in [-0.39, 0.29) is 54.3 Å². The van der Waals surface area contributed by atoms with Crippen LogP contribution in [-0.4, -0.2) is 59.8 Å². The SMILES string of the molecule is CCC(C)c1ccc(O)cc1.CCC(C)c1ccc(O)cc1.CCC(C)c1ccc(OC(OC(C)C)C(C)(C)C)cc1.CCC(C)c1ccc(OC(OC(C)C)C(C)C)cc1.CCC(C)c1ccc(OC(OC(C)C)C2(C)CCCCC2)cc1.CCC(C)c1ccc(OC(OC2CC3CC2C2CCCC32)C(C)C2CCCCC2)cc1. The molecule has 6 aromatic carbocycles. The number of fused-ring (bicyclic) bond motifs is 5. The minimum atomic E-state index is -0.239. The first-order chi connectivity index (χ1) is 54.7. The van der Waals surface area contributed by atoms with Crippen LogP contribution >= 0.6 is 0 Å². The zero-order valence-electron chi connectivity index (χ0n) is 77.0. The van der Waals surface area contributed by atoms with E-state index in [2.05, 4.69) is 218 Å². The minimum Gasteiger partial charge on any atom is -0.508 e. The molecular formula is C105H164O10. The third-order valence-corrected chi connectivity index (χ3v) is 25.9. The lowest BCUT2D eigenvalue weighted by atomic mass is 9.75. The summed E-state index contributed by atoms with van der Waals surface area (Å²) in [7, 11) is 0. The van der Waals surface area contributed by atoms with Crippen molar-refractivity contribution in [2.75, 3.05) is 0 Å². The summed E-state index contributed by atoms with van der Waals surface area (Å²) in [6.07, 6.45) is 27.4. The molecule has 6 aromatic rings. The second-order valence-electron chi connectivity index (χ2n) is 37.7. The number of hydrogen-bond donors (Lipinski definition) is 2. The summed E-state index contributed by atoms with van der Waals surface area (Å²) in [6.45, 7) is 54.3. The minimum absolute atomic E-state index is 0.0559. The summed E-state index contributed by atoms with van der Waals surface area (Å²) in [5.74, 6) is 13.2. The van der Waals surface area contributed by atoms with E-state index in [0.717, 1.165) is 84.7 Å². The molecule has 2 bridgehead atoms. The van der Waals surface area contributed by atoms with Crippen LogP contribution in [0.4, 0.5) is 0 Å². The molecule has 0 radical (unpaired) electrons. The summed E-state index contributed by atoms with van der Waals surface area (Å²) in [4.78, 5) is 0. The number of rotatable bonds is 32. The van der Waals surface area contributed by atoms with Crippen LogP contribution in [-0.2, 0) is 18.9 Å². The largest absolute Gasteiger partial charge is 0.508 e. The first-order valence-corrected chi connectivity index (χ1v) is 46.0. The molecule has 11 rings (SSSR count). The number of phenolic OH excluding ortho intramolecular Hbond substituents is 2. The Morgan fingerprint density at radius 2 is 0.696 bits per heavy atom. The second kappa shape index (κ2) is 49.5. The van der Waals surface area contributed by atoms with Gasteiger partial charge in [-0.05, 0) is 303 Å². The van der Waals surface area contributed by atoms with Gasteiger partial charge in [0.15, 0.2) is 0 Å². The van der Waals surface area contributed by atoms with E-state index in [0.29, 0.717) is 64.9 Å². The highest BCUT2D eigenvalue weighted by molar-refractivity contribution is 5.34. The molecule has 0 spiro atoms. The number of aromatic hydroxyl groups is 2. The van der Waals surface area contributed by atoms with Crippen molar-refractivity contribution in [2.24, 2.45) is 52.3 Å². The Morgan fingerprint density at radius 3 is 1.05 bits per heavy atom. The summed E-state index contributed by atoms with van der Waals surface area (Å²) in [6, 6.07) is 49.1. The molecule has 0 amide bonds. The van der Waals surface area contributed by atoms with Gasteiger partial charge in [0.25, 0.3) is 0 Å². The van der Waals surface area contributed by atoms with Gasteiger partial charge in [0.05, 0.1) is 24.4 Å². The fourth-order valence-electron chi connectivity index (χ4n) is 16.9. The zero-order chi connectivity index (χ0) is 84.5. The van der Waals surface area contributed by atoms with Crippen LogP contribution < -0.4 is 18.9 Å². The average Bonchev–Trinajstić information content (AvgIpc) is 1.58. The smallest absolute Gasteiger partial charge is 0.205 e. The van der Waals surface area contributed by atoms with E-state index in [1.807, 2.05) is 76.2 Å². The Bertz CT molecular complexity index is 3460. The van der Waals surface area contributed by atoms with Crippen molar-refractivity contribution < 1.29 is 48.1 Å². The highest BCUT2D eigenvalue weighted by Gasteiger charge is 2.55. The molecule has 5 fully saturated rings. The number of ether oxygens (including phenoxy) is 8. The van der Waals surface area contributed by atoms with E-state index >= 15 is 0 Å². The Kier molecular flexibility index (Phi) is 42.1. The highest BCUT2D eigenvalue weighted by Crippen LogP contribution is 2.60. The molecule has 115 heavy (non-hydrogen) atoms. The van der Waals surface area contributed by atoms with E-state index in [4.69, 9.17) is 48.1 Å². The fourth-order valence-corrected chi connectivity index (χ4v) is 16.9. The highest BCUT2D eigenvalue weighted by atomic mass is 16.7. The second-order valence-corrected chi connectivity index (χ2v) is 37.7. The Labute approximate surface area is 702 Å². The van der Waals surface area contributed by atoms with Crippen LogP contribution in [0.15, 0.2) is 146 Å². The van der Waals surface area contributed by atoms with E-state index in [1.165, 1.54) is 136 Å². The first-order valence-electron chi connectivity index (χ1n) is 46.0. The monoisotopic (exact) mass is 1590 g/mol. The van der Waals surface area contributed by atoms with Gasteiger partial charge in [-0.1, -0.05) is 249 Å². The number of hydrogen-bond acceptors (Lipinski definition) is 10. The van der Waals surface area contributed by atoms with Crippen LogP contribution in [0, 0.1) is 52.3 Å². The van der Waals surface area contributed by atoms with Gasteiger partial charge in [0.1, 0.15) is 34.5 Å². The molecule has 644 valence electrons. The number of phenols is 2. The molecule has 0 heterocycles. The topological polar surface area (TPSA) is 114 Å². The molecule has 2 N–H and O–H groups in total. The third-order valence-electron chi connectivity index (χ3n) is 25.9. The van der Waals surface area contributed by atoms with Gasteiger partial charge >= 0.3 is 0 Å². The van der Waals surface area contributed by atoms with Crippen molar-refractivity contribution in [1.82, 2.24) is 0 Å². The summed E-state index contributed by atoms with van der Waals surface area (Å²) in [5.41, 5.74) is 8.17. The van der Waals surface area contributed by atoms with Crippen LogP contribution in [0.25, 0.3) is 0 Å². The predicted octanol–water partition coefficient (Wildman–Crippen LogP) is 30.4.